The molecule has 1 fully saturated rings. The van der Waals surface area contributed by atoms with Crippen molar-refractivity contribution in [1.29, 1.82) is 0 Å². The van der Waals surface area contributed by atoms with Gasteiger partial charge in [-0.15, -0.1) is 0 Å². The van der Waals surface area contributed by atoms with Gasteiger partial charge in [0.15, 0.2) is 0 Å². The zero-order chi connectivity index (χ0) is 14.0. The second kappa shape index (κ2) is 5.59. The second-order valence-electron chi connectivity index (χ2n) is 5.93. The molecule has 1 aliphatic carbocycles. The van der Waals surface area contributed by atoms with Crippen LogP contribution in [0.15, 0.2) is 18.2 Å². The van der Waals surface area contributed by atoms with Crippen molar-refractivity contribution < 1.29 is 9.13 Å². The van der Waals surface area contributed by atoms with E-state index in [0.717, 1.165) is 42.7 Å². The van der Waals surface area contributed by atoms with Gasteiger partial charge in [-0.3, -0.25) is 0 Å². The third-order valence-electron chi connectivity index (χ3n) is 4.67. The fourth-order valence-electron chi connectivity index (χ4n) is 3.12. The molecule has 0 bridgehead atoms. The van der Waals surface area contributed by atoms with Crippen LogP contribution >= 0.6 is 0 Å². The second-order valence-corrected chi connectivity index (χ2v) is 5.93. The van der Waals surface area contributed by atoms with Crippen LogP contribution in [0.2, 0.25) is 0 Å². The molecule has 2 nitrogen and oxygen atoms in total. The number of hydrogen-bond acceptors (Lipinski definition) is 2. The van der Waals surface area contributed by atoms with Crippen LogP contribution in [-0.4, -0.2) is 12.7 Å². The van der Waals surface area contributed by atoms with Crippen LogP contribution in [0.25, 0.3) is 0 Å². The van der Waals surface area contributed by atoms with E-state index in [1.807, 2.05) is 6.92 Å². The molecule has 2 rings (SSSR count). The lowest BCUT2D eigenvalue weighted by Gasteiger charge is -2.43. The number of rotatable bonds is 3. The SMILES string of the molecule is COC1(C(N)c2cc(F)ccc2C)CCC(C)CC1. The van der Waals surface area contributed by atoms with Crippen LogP contribution in [0.4, 0.5) is 4.39 Å². The Morgan fingerprint density at radius 2 is 2.00 bits per heavy atom. The number of ether oxygens (including phenoxy) is 1. The first-order valence-electron chi connectivity index (χ1n) is 7.05. The van der Waals surface area contributed by atoms with Crippen LogP contribution in [0.1, 0.15) is 49.8 Å². The van der Waals surface area contributed by atoms with Crippen molar-refractivity contribution in [3.63, 3.8) is 0 Å². The Morgan fingerprint density at radius 3 is 2.58 bits per heavy atom. The first-order valence-corrected chi connectivity index (χ1v) is 7.05. The van der Waals surface area contributed by atoms with Gasteiger partial charge in [-0.2, -0.15) is 0 Å². The van der Waals surface area contributed by atoms with Gasteiger partial charge < -0.3 is 10.5 Å². The molecule has 1 aromatic rings. The van der Waals surface area contributed by atoms with Gasteiger partial charge in [0.1, 0.15) is 5.82 Å². The first kappa shape index (κ1) is 14.5. The minimum Gasteiger partial charge on any atom is -0.376 e. The molecule has 19 heavy (non-hydrogen) atoms. The van der Waals surface area contributed by atoms with Crippen molar-refractivity contribution >= 4 is 0 Å². The third-order valence-corrected chi connectivity index (χ3v) is 4.67. The standard InChI is InChI=1S/C16H24FNO/c1-11-6-8-16(19-3,9-7-11)15(18)14-10-13(17)5-4-12(14)2/h4-5,10-11,15H,6-9,18H2,1-3H3. The highest BCUT2D eigenvalue weighted by Gasteiger charge is 2.40. The molecule has 0 spiro atoms. The average molecular weight is 265 g/mol. The van der Waals surface area contributed by atoms with E-state index in [-0.39, 0.29) is 17.5 Å². The zero-order valence-corrected chi connectivity index (χ0v) is 12.1. The van der Waals surface area contributed by atoms with Gasteiger partial charge in [-0.05, 0) is 61.8 Å². The van der Waals surface area contributed by atoms with E-state index in [1.165, 1.54) is 6.07 Å². The Kier molecular flexibility index (Phi) is 4.26. The van der Waals surface area contributed by atoms with Gasteiger partial charge >= 0.3 is 0 Å². The molecule has 1 unspecified atom stereocenters. The summed E-state index contributed by atoms with van der Waals surface area (Å²) in [5.41, 5.74) is 8.00. The summed E-state index contributed by atoms with van der Waals surface area (Å²) in [4.78, 5) is 0. The van der Waals surface area contributed by atoms with E-state index < -0.39 is 0 Å². The molecule has 1 saturated carbocycles. The molecular formula is C16H24FNO. The summed E-state index contributed by atoms with van der Waals surface area (Å²) in [5.74, 6) is 0.496. The number of aryl methyl sites for hydroxylation is 1. The molecule has 0 radical (unpaired) electrons. The monoisotopic (exact) mass is 265 g/mol. The van der Waals surface area contributed by atoms with Crippen molar-refractivity contribution in [3.05, 3.63) is 35.1 Å². The van der Waals surface area contributed by atoms with Gasteiger partial charge in [-0.1, -0.05) is 13.0 Å². The molecule has 1 aliphatic rings. The van der Waals surface area contributed by atoms with Crippen molar-refractivity contribution in [1.82, 2.24) is 0 Å². The smallest absolute Gasteiger partial charge is 0.123 e. The predicted octanol–water partition coefficient (Wildman–Crippen LogP) is 3.73. The van der Waals surface area contributed by atoms with E-state index in [4.69, 9.17) is 10.5 Å². The fraction of sp³-hybridized carbons (Fsp3) is 0.625. The lowest BCUT2D eigenvalue weighted by Crippen LogP contribution is -2.46. The Labute approximate surface area is 115 Å². The maximum absolute atomic E-state index is 13.5. The summed E-state index contributed by atoms with van der Waals surface area (Å²) in [5, 5.41) is 0. The van der Waals surface area contributed by atoms with Crippen LogP contribution in [0.3, 0.4) is 0 Å². The van der Waals surface area contributed by atoms with Gasteiger partial charge in [0, 0.05) is 7.11 Å². The molecule has 0 amide bonds. The quantitative estimate of drug-likeness (QED) is 0.903. The van der Waals surface area contributed by atoms with E-state index >= 15 is 0 Å². The minimum absolute atomic E-state index is 0.230. The summed E-state index contributed by atoms with van der Waals surface area (Å²) >= 11 is 0. The fourth-order valence-corrected chi connectivity index (χ4v) is 3.12. The summed E-state index contributed by atoms with van der Waals surface area (Å²) < 4.78 is 19.3. The molecule has 0 saturated heterocycles. The number of halogens is 1. The topological polar surface area (TPSA) is 35.2 Å². The van der Waals surface area contributed by atoms with E-state index in [1.54, 1.807) is 19.2 Å². The maximum atomic E-state index is 13.5. The van der Waals surface area contributed by atoms with Gasteiger partial charge in [0.05, 0.1) is 11.6 Å². The number of benzene rings is 1. The normalized spacial score (nSPS) is 29.2. The first-order chi connectivity index (χ1) is 8.98. The predicted molar refractivity (Wildman–Crippen MR) is 75.4 cm³/mol. The summed E-state index contributed by atoms with van der Waals surface area (Å²) in [6, 6.07) is 4.56. The van der Waals surface area contributed by atoms with E-state index in [2.05, 4.69) is 6.92 Å². The number of methoxy groups -OCH3 is 1. The van der Waals surface area contributed by atoms with Crippen molar-refractivity contribution in [3.8, 4) is 0 Å². The molecule has 0 aliphatic heterocycles. The average Bonchev–Trinajstić information content (AvgIpc) is 2.42. The highest BCUT2D eigenvalue weighted by molar-refractivity contribution is 5.31. The Balaban J connectivity index is 2.30. The molecular weight excluding hydrogens is 241 g/mol. The Bertz CT molecular complexity index is 438. The summed E-state index contributed by atoms with van der Waals surface area (Å²) in [7, 11) is 1.73. The van der Waals surface area contributed by atoms with Crippen LogP contribution in [-0.2, 0) is 4.74 Å². The van der Waals surface area contributed by atoms with Gasteiger partial charge in [0.2, 0.25) is 0 Å². The molecule has 1 aromatic carbocycles. The largest absolute Gasteiger partial charge is 0.376 e. The van der Waals surface area contributed by atoms with Crippen molar-refractivity contribution in [2.75, 3.05) is 7.11 Å². The van der Waals surface area contributed by atoms with Crippen LogP contribution in [0, 0.1) is 18.7 Å². The van der Waals surface area contributed by atoms with Gasteiger partial charge in [0.25, 0.3) is 0 Å². The van der Waals surface area contributed by atoms with Crippen LogP contribution < -0.4 is 5.73 Å². The molecule has 3 heteroatoms. The lowest BCUT2D eigenvalue weighted by molar-refractivity contribution is -0.0673. The number of nitrogens with two attached hydrogens (primary N) is 1. The van der Waals surface area contributed by atoms with Crippen molar-refractivity contribution in [2.24, 2.45) is 11.7 Å². The molecule has 0 heterocycles. The Morgan fingerprint density at radius 1 is 1.37 bits per heavy atom. The zero-order valence-electron chi connectivity index (χ0n) is 12.1. The van der Waals surface area contributed by atoms with Crippen molar-refractivity contribution in [2.45, 2.75) is 51.2 Å². The van der Waals surface area contributed by atoms with E-state index in [9.17, 15) is 4.39 Å². The molecule has 2 N–H and O–H groups in total. The Hall–Kier alpha value is -0.930. The van der Waals surface area contributed by atoms with Gasteiger partial charge in [-0.25, -0.2) is 4.39 Å². The molecule has 1 atom stereocenters. The highest BCUT2D eigenvalue weighted by atomic mass is 19.1. The summed E-state index contributed by atoms with van der Waals surface area (Å²) in [6.07, 6.45) is 4.13. The minimum atomic E-state index is -0.342. The summed E-state index contributed by atoms with van der Waals surface area (Å²) in [6.45, 7) is 4.24. The highest BCUT2D eigenvalue weighted by Crippen LogP contribution is 2.42. The van der Waals surface area contributed by atoms with Crippen LogP contribution in [0.5, 0.6) is 0 Å². The molecule has 0 aromatic heterocycles. The maximum Gasteiger partial charge on any atom is 0.123 e. The van der Waals surface area contributed by atoms with E-state index in [0.29, 0.717) is 0 Å². The molecule has 106 valence electrons. The lowest BCUT2D eigenvalue weighted by atomic mass is 9.73. The number of hydrogen-bond donors (Lipinski definition) is 1. The third kappa shape index (κ3) is 2.82.